The van der Waals surface area contributed by atoms with Gasteiger partial charge in [-0.3, -0.25) is 0 Å². The molecule has 1 aliphatic carbocycles. The molecule has 1 aliphatic heterocycles. The van der Waals surface area contributed by atoms with Crippen molar-refractivity contribution < 1.29 is 0 Å². The molecule has 0 bridgehead atoms. The van der Waals surface area contributed by atoms with Crippen LogP contribution >= 0.6 is 11.6 Å². The Labute approximate surface area is 127 Å². The van der Waals surface area contributed by atoms with Crippen LogP contribution in [0.1, 0.15) is 38.7 Å². The van der Waals surface area contributed by atoms with Gasteiger partial charge in [0.25, 0.3) is 0 Å². The van der Waals surface area contributed by atoms with Crippen molar-refractivity contribution in [3.05, 3.63) is 28.8 Å². The molecule has 0 radical (unpaired) electrons. The van der Waals surface area contributed by atoms with E-state index in [9.17, 15) is 0 Å². The van der Waals surface area contributed by atoms with Crippen LogP contribution in [0.25, 0.3) is 0 Å². The lowest BCUT2D eigenvalue weighted by Crippen LogP contribution is -2.24. The number of halogens is 1. The number of nitrogens with zero attached hydrogens (tertiary/aromatic N) is 1. The van der Waals surface area contributed by atoms with Crippen LogP contribution < -0.4 is 10.2 Å². The second-order valence-electron chi connectivity index (χ2n) is 6.67. The number of nitrogens with one attached hydrogen (secondary N) is 1. The van der Waals surface area contributed by atoms with Crippen LogP contribution in [0.4, 0.5) is 5.69 Å². The number of hydrogen-bond donors (Lipinski definition) is 1. The van der Waals surface area contributed by atoms with E-state index in [1.54, 1.807) is 0 Å². The van der Waals surface area contributed by atoms with E-state index < -0.39 is 0 Å². The van der Waals surface area contributed by atoms with Crippen LogP contribution in [0.3, 0.4) is 0 Å². The fourth-order valence-corrected chi connectivity index (χ4v) is 3.29. The van der Waals surface area contributed by atoms with Crippen molar-refractivity contribution in [1.29, 1.82) is 0 Å². The maximum atomic E-state index is 6.19. The molecule has 2 fully saturated rings. The number of rotatable bonds is 5. The minimum atomic E-state index is 0.740. The van der Waals surface area contributed by atoms with E-state index in [1.807, 2.05) is 6.07 Å². The fourth-order valence-electron chi connectivity index (χ4n) is 3.10. The van der Waals surface area contributed by atoms with E-state index in [0.29, 0.717) is 0 Å². The van der Waals surface area contributed by atoms with Gasteiger partial charge in [-0.25, -0.2) is 0 Å². The third-order valence-corrected chi connectivity index (χ3v) is 4.94. The van der Waals surface area contributed by atoms with Crippen molar-refractivity contribution in [2.75, 3.05) is 18.0 Å². The third kappa shape index (κ3) is 3.29. The first kappa shape index (κ1) is 14.2. The Bertz CT molecular complexity index is 468. The first-order valence-corrected chi connectivity index (χ1v) is 8.28. The van der Waals surface area contributed by atoms with Gasteiger partial charge in [-0.15, -0.1) is 0 Å². The zero-order valence-electron chi connectivity index (χ0n) is 12.5. The summed E-state index contributed by atoms with van der Waals surface area (Å²) in [6.45, 7) is 8.00. The van der Waals surface area contributed by atoms with E-state index in [2.05, 4.69) is 36.2 Å². The molecule has 1 saturated carbocycles. The normalized spacial score (nSPS) is 22.8. The molecule has 2 nitrogen and oxygen atoms in total. The molecule has 1 unspecified atom stereocenters. The van der Waals surface area contributed by atoms with E-state index in [-0.39, 0.29) is 0 Å². The Hall–Kier alpha value is -0.730. The molecule has 2 aliphatic rings. The van der Waals surface area contributed by atoms with Crippen LogP contribution in [0.5, 0.6) is 0 Å². The van der Waals surface area contributed by atoms with Crippen molar-refractivity contribution in [3.8, 4) is 0 Å². The van der Waals surface area contributed by atoms with Crippen molar-refractivity contribution in [2.45, 2.75) is 45.7 Å². The first-order chi connectivity index (χ1) is 9.63. The summed E-state index contributed by atoms with van der Waals surface area (Å²) < 4.78 is 0. The standard InChI is InChI=1S/C17H25ClN2/c1-12(2)13-7-8-20(11-13)17-6-3-15(18)9-14(17)10-19-16-4-5-16/h3,6,9,12-13,16,19H,4-5,7-8,10-11H2,1-2H3. The summed E-state index contributed by atoms with van der Waals surface area (Å²) in [4.78, 5) is 2.55. The molecule has 3 heteroatoms. The molecular weight excluding hydrogens is 268 g/mol. The van der Waals surface area contributed by atoms with Gasteiger partial charge < -0.3 is 10.2 Å². The van der Waals surface area contributed by atoms with Gasteiger partial charge >= 0.3 is 0 Å². The second-order valence-corrected chi connectivity index (χ2v) is 7.10. The maximum Gasteiger partial charge on any atom is 0.0412 e. The van der Waals surface area contributed by atoms with E-state index in [1.165, 1.54) is 43.6 Å². The van der Waals surface area contributed by atoms with Gasteiger partial charge in [0.05, 0.1) is 0 Å². The second kappa shape index (κ2) is 5.95. The van der Waals surface area contributed by atoms with Crippen molar-refractivity contribution in [1.82, 2.24) is 5.32 Å². The van der Waals surface area contributed by atoms with Crippen LogP contribution in [-0.4, -0.2) is 19.1 Å². The Morgan fingerprint density at radius 3 is 2.75 bits per heavy atom. The largest absolute Gasteiger partial charge is 0.371 e. The molecule has 20 heavy (non-hydrogen) atoms. The number of hydrogen-bond acceptors (Lipinski definition) is 2. The predicted octanol–water partition coefficient (Wildman–Crippen LogP) is 4.07. The lowest BCUT2D eigenvalue weighted by atomic mass is 9.95. The Kier molecular flexibility index (Phi) is 4.23. The summed E-state index contributed by atoms with van der Waals surface area (Å²) >= 11 is 6.19. The summed E-state index contributed by atoms with van der Waals surface area (Å²) in [7, 11) is 0. The molecule has 0 amide bonds. The van der Waals surface area contributed by atoms with Gasteiger partial charge in [-0.2, -0.15) is 0 Å². The monoisotopic (exact) mass is 292 g/mol. The molecule has 0 spiro atoms. The van der Waals surface area contributed by atoms with Gasteiger partial charge in [0.15, 0.2) is 0 Å². The summed E-state index contributed by atoms with van der Waals surface area (Å²) in [5.41, 5.74) is 2.74. The minimum absolute atomic E-state index is 0.740. The van der Waals surface area contributed by atoms with Crippen LogP contribution in [0, 0.1) is 11.8 Å². The molecule has 1 saturated heterocycles. The average Bonchev–Trinajstić information content (AvgIpc) is 3.11. The molecule has 1 aromatic carbocycles. The molecular formula is C17H25ClN2. The Balaban J connectivity index is 1.74. The van der Waals surface area contributed by atoms with Crippen LogP contribution in [0.2, 0.25) is 5.02 Å². The first-order valence-electron chi connectivity index (χ1n) is 7.90. The molecule has 110 valence electrons. The van der Waals surface area contributed by atoms with E-state index >= 15 is 0 Å². The SMILES string of the molecule is CC(C)C1CCN(c2ccc(Cl)cc2CNC2CC2)C1. The fraction of sp³-hybridized carbons (Fsp3) is 0.647. The zero-order valence-corrected chi connectivity index (χ0v) is 13.3. The molecule has 3 rings (SSSR count). The Morgan fingerprint density at radius 2 is 2.10 bits per heavy atom. The van der Waals surface area contributed by atoms with E-state index in [4.69, 9.17) is 11.6 Å². The van der Waals surface area contributed by atoms with Gasteiger partial charge in [0.1, 0.15) is 0 Å². The number of benzene rings is 1. The van der Waals surface area contributed by atoms with Crippen LogP contribution in [-0.2, 0) is 6.54 Å². The molecule has 0 aromatic heterocycles. The highest BCUT2D eigenvalue weighted by atomic mass is 35.5. The predicted molar refractivity (Wildman–Crippen MR) is 86.5 cm³/mol. The molecule has 1 N–H and O–H groups in total. The average molecular weight is 293 g/mol. The van der Waals surface area contributed by atoms with Crippen molar-refractivity contribution in [2.24, 2.45) is 11.8 Å². The quantitative estimate of drug-likeness (QED) is 0.880. The van der Waals surface area contributed by atoms with Gasteiger partial charge in [0.2, 0.25) is 0 Å². The summed E-state index contributed by atoms with van der Waals surface area (Å²) in [5.74, 6) is 1.61. The highest BCUT2D eigenvalue weighted by Crippen LogP contribution is 2.32. The lowest BCUT2D eigenvalue weighted by molar-refractivity contribution is 0.422. The third-order valence-electron chi connectivity index (χ3n) is 4.71. The maximum absolute atomic E-state index is 6.19. The van der Waals surface area contributed by atoms with Crippen molar-refractivity contribution >= 4 is 17.3 Å². The van der Waals surface area contributed by atoms with Gasteiger partial charge in [-0.1, -0.05) is 25.4 Å². The Morgan fingerprint density at radius 1 is 1.30 bits per heavy atom. The topological polar surface area (TPSA) is 15.3 Å². The summed E-state index contributed by atoms with van der Waals surface area (Å²) in [6, 6.07) is 7.10. The summed E-state index contributed by atoms with van der Waals surface area (Å²) in [6.07, 6.45) is 3.97. The minimum Gasteiger partial charge on any atom is -0.371 e. The summed E-state index contributed by atoms with van der Waals surface area (Å²) in [5, 5.41) is 4.46. The number of anilines is 1. The van der Waals surface area contributed by atoms with Gasteiger partial charge in [-0.05, 0) is 54.9 Å². The zero-order chi connectivity index (χ0) is 14.1. The lowest BCUT2D eigenvalue weighted by Gasteiger charge is -2.23. The molecule has 1 aromatic rings. The highest BCUT2D eigenvalue weighted by molar-refractivity contribution is 6.30. The van der Waals surface area contributed by atoms with Crippen molar-refractivity contribution in [3.63, 3.8) is 0 Å². The van der Waals surface area contributed by atoms with E-state index in [0.717, 1.165) is 29.4 Å². The van der Waals surface area contributed by atoms with Gasteiger partial charge in [0, 0.05) is 36.4 Å². The molecule has 1 heterocycles. The smallest absolute Gasteiger partial charge is 0.0412 e. The van der Waals surface area contributed by atoms with Crippen LogP contribution in [0.15, 0.2) is 18.2 Å². The molecule has 1 atom stereocenters. The highest BCUT2D eigenvalue weighted by Gasteiger charge is 2.27.